The molecule has 0 unspecified atom stereocenters. The van der Waals surface area contributed by atoms with Crippen LogP contribution < -0.4 is 0 Å². The number of aliphatic carboxylic acids is 1. The number of aliphatic hydroxyl groups excluding tert-OH is 2. The molecule has 0 aliphatic heterocycles. The molecule has 21 heavy (non-hydrogen) atoms. The van der Waals surface area contributed by atoms with Crippen LogP contribution in [0.25, 0.3) is 0 Å². The number of ether oxygens (including phenoxy) is 1. The SMILES string of the molecule is CCCCCCC(CO)(CO)COC(=O)CCCC(=O)O. The molecule has 0 heterocycles. The zero-order valence-corrected chi connectivity index (χ0v) is 12.8. The molecule has 6 nitrogen and oxygen atoms in total. The van der Waals surface area contributed by atoms with E-state index in [4.69, 9.17) is 9.84 Å². The highest BCUT2D eigenvalue weighted by Crippen LogP contribution is 2.25. The lowest BCUT2D eigenvalue weighted by Gasteiger charge is -2.29. The Morgan fingerprint density at radius 2 is 1.67 bits per heavy atom. The Bertz CT molecular complexity index is 299. The van der Waals surface area contributed by atoms with Gasteiger partial charge in [0.1, 0.15) is 6.61 Å². The second-order valence-electron chi connectivity index (χ2n) is 5.53. The van der Waals surface area contributed by atoms with E-state index >= 15 is 0 Å². The minimum atomic E-state index is -0.946. The van der Waals surface area contributed by atoms with Crippen molar-refractivity contribution in [1.29, 1.82) is 0 Å². The molecule has 3 N–H and O–H groups in total. The van der Waals surface area contributed by atoms with Crippen molar-refractivity contribution >= 4 is 11.9 Å². The molecule has 0 atom stereocenters. The molecule has 0 aliphatic rings. The average Bonchev–Trinajstić information content (AvgIpc) is 2.47. The van der Waals surface area contributed by atoms with Crippen molar-refractivity contribution in [3.8, 4) is 0 Å². The van der Waals surface area contributed by atoms with Crippen LogP contribution in [-0.4, -0.2) is 47.1 Å². The Morgan fingerprint density at radius 3 is 2.19 bits per heavy atom. The Hall–Kier alpha value is -1.14. The fourth-order valence-electron chi connectivity index (χ4n) is 1.99. The summed E-state index contributed by atoms with van der Waals surface area (Å²) < 4.78 is 5.08. The van der Waals surface area contributed by atoms with E-state index in [0.717, 1.165) is 25.7 Å². The van der Waals surface area contributed by atoms with Crippen LogP contribution in [0.2, 0.25) is 0 Å². The first-order valence-electron chi connectivity index (χ1n) is 7.59. The van der Waals surface area contributed by atoms with Crippen molar-refractivity contribution in [3.05, 3.63) is 0 Å². The van der Waals surface area contributed by atoms with Gasteiger partial charge in [-0.25, -0.2) is 0 Å². The summed E-state index contributed by atoms with van der Waals surface area (Å²) in [5.74, 6) is -1.44. The van der Waals surface area contributed by atoms with Crippen LogP contribution in [0.5, 0.6) is 0 Å². The molecule has 0 aromatic rings. The molecular formula is C15H28O6. The minimum Gasteiger partial charge on any atom is -0.481 e. The maximum atomic E-state index is 11.5. The second kappa shape index (κ2) is 11.5. The van der Waals surface area contributed by atoms with Crippen molar-refractivity contribution < 1.29 is 29.6 Å². The summed E-state index contributed by atoms with van der Waals surface area (Å²) in [6.45, 7) is 1.60. The molecule has 0 aromatic carbocycles. The van der Waals surface area contributed by atoms with E-state index < -0.39 is 17.4 Å². The van der Waals surface area contributed by atoms with Gasteiger partial charge in [0.2, 0.25) is 0 Å². The first-order chi connectivity index (χ1) is 9.99. The summed E-state index contributed by atoms with van der Waals surface area (Å²) in [7, 11) is 0. The molecule has 6 heteroatoms. The Kier molecular flexibility index (Phi) is 10.9. The van der Waals surface area contributed by atoms with Gasteiger partial charge in [-0.1, -0.05) is 32.6 Å². The lowest BCUT2D eigenvalue weighted by molar-refractivity contribution is -0.150. The lowest BCUT2D eigenvalue weighted by Crippen LogP contribution is -2.36. The number of carboxylic acids is 1. The van der Waals surface area contributed by atoms with Crippen LogP contribution in [0, 0.1) is 5.41 Å². The number of carbonyl (C=O) groups excluding carboxylic acids is 1. The minimum absolute atomic E-state index is 0.0297. The average molecular weight is 304 g/mol. The third-order valence-electron chi connectivity index (χ3n) is 3.54. The third-order valence-corrected chi connectivity index (χ3v) is 3.54. The number of hydrogen-bond donors (Lipinski definition) is 3. The number of hydrogen-bond acceptors (Lipinski definition) is 5. The van der Waals surface area contributed by atoms with Crippen LogP contribution in [0.4, 0.5) is 0 Å². The van der Waals surface area contributed by atoms with Gasteiger partial charge < -0.3 is 20.1 Å². The molecule has 0 bridgehead atoms. The Balaban J connectivity index is 4.11. The fourth-order valence-corrected chi connectivity index (χ4v) is 1.99. The normalized spacial score (nSPS) is 11.4. The zero-order valence-electron chi connectivity index (χ0n) is 12.8. The molecule has 0 amide bonds. The molecule has 0 radical (unpaired) electrons. The second-order valence-corrected chi connectivity index (χ2v) is 5.53. The number of rotatable bonds is 13. The van der Waals surface area contributed by atoms with Gasteiger partial charge in [0.25, 0.3) is 0 Å². The number of aliphatic hydroxyl groups is 2. The first kappa shape index (κ1) is 19.9. The van der Waals surface area contributed by atoms with Crippen molar-refractivity contribution in [3.63, 3.8) is 0 Å². The van der Waals surface area contributed by atoms with Gasteiger partial charge >= 0.3 is 11.9 Å². The van der Waals surface area contributed by atoms with E-state index in [1.807, 2.05) is 0 Å². The number of esters is 1. The summed E-state index contributed by atoms with van der Waals surface area (Å²) in [5, 5.41) is 27.4. The molecule has 0 aromatic heterocycles. The molecule has 0 spiro atoms. The van der Waals surface area contributed by atoms with Gasteiger partial charge in [-0.15, -0.1) is 0 Å². The van der Waals surface area contributed by atoms with E-state index in [-0.39, 0.29) is 39.1 Å². The molecule has 0 saturated carbocycles. The smallest absolute Gasteiger partial charge is 0.305 e. The molecule has 0 aliphatic carbocycles. The molecule has 124 valence electrons. The highest BCUT2D eigenvalue weighted by atomic mass is 16.5. The summed E-state index contributed by atoms with van der Waals surface area (Å²) in [6, 6.07) is 0. The predicted molar refractivity (Wildman–Crippen MR) is 77.8 cm³/mol. The quantitative estimate of drug-likeness (QED) is 0.353. The summed E-state index contributed by atoms with van der Waals surface area (Å²) in [4.78, 5) is 21.8. The number of unbranched alkanes of at least 4 members (excludes halogenated alkanes) is 3. The lowest BCUT2D eigenvalue weighted by atomic mass is 9.85. The van der Waals surface area contributed by atoms with Crippen molar-refractivity contribution in [2.75, 3.05) is 19.8 Å². The predicted octanol–water partition coefficient (Wildman–Crippen LogP) is 1.73. The van der Waals surface area contributed by atoms with Crippen LogP contribution in [-0.2, 0) is 14.3 Å². The largest absolute Gasteiger partial charge is 0.481 e. The fraction of sp³-hybridized carbons (Fsp3) is 0.867. The van der Waals surface area contributed by atoms with Crippen LogP contribution >= 0.6 is 0 Å². The summed E-state index contributed by atoms with van der Waals surface area (Å²) in [6.07, 6.45) is 4.88. The molecular weight excluding hydrogens is 276 g/mol. The van der Waals surface area contributed by atoms with Gasteiger partial charge in [-0.05, 0) is 12.8 Å². The van der Waals surface area contributed by atoms with Gasteiger partial charge in [0.05, 0.1) is 18.6 Å². The Labute approximate surface area is 126 Å². The van der Waals surface area contributed by atoms with Crippen molar-refractivity contribution in [1.82, 2.24) is 0 Å². The molecule has 0 rings (SSSR count). The highest BCUT2D eigenvalue weighted by Gasteiger charge is 2.30. The third kappa shape index (κ3) is 9.42. The molecule has 0 fully saturated rings. The van der Waals surface area contributed by atoms with Crippen LogP contribution in [0.1, 0.15) is 58.3 Å². The van der Waals surface area contributed by atoms with E-state index in [2.05, 4.69) is 6.92 Å². The number of carbonyl (C=O) groups is 2. The number of carboxylic acid groups (broad SMARTS) is 1. The van der Waals surface area contributed by atoms with E-state index in [1.165, 1.54) is 0 Å². The van der Waals surface area contributed by atoms with Gasteiger partial charge in [0.15, 0.2) is 0 Å². The topological polar surface area (TPSA) is 104 Å². The Morgan fingerprint density at radius 1 is 1.00 bits per heavy atom. The summed E-state index contributed by atoms with van der Waals surface area (Å²) >= 11 is 0. The van der Waals surface area contributed by atoms with Crippen LogP contribution in [0.15, 0.2) is 0 Å². The van der Waals surface area contributed by atoms with E-state index in [0.29, 0.717) is 6.42 Å². The van der Waals surface area contributed by atoms with Gasteiger partial charge in [-0.3, -0.25) is 9.59 Å². The standard InChI is InChI=1S/C15H28O6/c1-2-3-4-5-9-15(10-16,11-17)12-21-14(20)8-6-7-13(18)19/h16-17H,2-12H2,1H3,(H,18,19). The zero-order chi connectivity index (χ0) is 16.1. The van der Waals surface area contributed by atoms with E-state index in [9.17, 15) is 19.8 Å². The highest BCUT2D eigenvalue weighted by molar-refractivity contribution is 5.71. The van der Waals surface area contributed by atoms with Crippen molar-refractivity contribution in [2.45, 2.75) is 58.3 Å². The van der Waals surface area contributed by atoms with Crippen LogP contribution in [0.3, 0.4) is 0 Å². The van der Waals surface area contributed by atoms with Gasteiger partial charge in [0, 0.05) is 12.8 Å². The molecule has 0 saturated heterocycles. The van der Waals surface area contributed by atoms with Crippen molar-refractivity contribution in [2.24, 2.45) is 5.41 Å². The first-order valence-corrected chi connectivity index (χ1v) is 7.59. The maximum Gasteiger partial charge on any atom is 0.305 e. The van der Waals surface area contributed by atoms with E-state index in [1.54, 1.807) is 0 Å². The maximum absolute atomic E-state index is 11.5. The summed E-state index contributed by atoms with van der Waals surface area (Å²) in [5.41, 5.74) is -0.795. The van der Waals surface area contributed by atoms with Gasteiger partial charge in [-0.2, -0.15) is 0 Å². The monoisotopic (exact) mass is 304 g/mol.